The predicted molar refractivity (Wildman–Crippen MR) is 55.9 cm³/mol. The minimum Gasteiger partial charge on any atom is -0.508 e. The average molecular weight is 243 g/mol. The maximum atomic E-state index is 12.6. The van der Waals surface area contributed by atoms with Crippen molar-refractivity contribution in [3.8, 4) is 5.75 Å². The first-order chi connectivity index (χ1) is 7.80. The molecule has 0 aliphatic carbocycles. The third kappa shape index (κ3) is 1.86. The van der Waals surface area contributed by atoms with Gasteiger partial charge >= 0.3 is 6.18 Å². The van der Waals surface area contributed by atoms with Crippen molar-refractivity contribution in [2.45, 2.75) is 6.18 Å². The lowest BCUT2D eigenvalue weighted by molar-refractivity contribution is -0.143. The molecule has 0 spiro atoms. The molecule has 0 bridgehead atoms. The molecule has 1 heterocycles. The van der Waals surface area contributed by atoms with E-state index in [2.05, 4.69) is 0 Å². The molecule has 0 unspecified atom stereocenters. The zero-order chi connectivity index (χ0) is 12.8. The lowest BCUT2D eigenvalue weighted by Gasteiger charge is -2.14. The lowest BCUT2D eigenvalue weighted by Crippen LogP contribution is -2.19. The van der Waals surface area contributed by atoms with Gasteiger partial charge in [-0.1, -0.05) is 0 Å². The van der Waals surface area contributed by atoms with E-state index in [0.717, 1.165) is 10.6 Å². The number of alkyl halides is 3. The first kappa shape index (κ1) is 11.5. The van der Waals surface area contributed by atoms with Gasteiger partial charge in [0.25, 0.3) is 0 Å². The molecule has 6 heteroatoms. The van der Waals surface area contributed by atoms with E-state index in [4.69, 9.17) is 0 Å². The summed E-state index contributed by atoms with van der Waals surface area (Å²) in [7, 11) is 1.20. The van der Waals surface area contributed by atoms with E-state index >= 15 is 0 Å². The number of rotatable bonds is 0. The van der Waals surface area contributed by atoms with E-state index in [9.17, 15) is 23.1 Å². The number of hydrogen-bond acceptors (Lipinski definition) is 2. The van der Waals surface area contributed by atoms with Gasteiger partial charge in [-0.25, -0.2) is 0 Å². The van der Waals surface area contributed by atoms with Crippen molar-refractivity contribution in [2.24, 2.45) is 7.05 Å². The predicted octanol–water partition coefficient (Wildman–Crippen LogP) is 2.26. The van der Waals surface area contributed by atoms with Gasteiger partial charge in [-0.15, -0.1) is 0 Å². The van der Waals surface area contributed by atoms with Crippen LogP contribution in [0.5, 0.6) is 5.75 Å². The van der Waals surface area contributed by atoms with Crippen molar-refractivity contribution >= 4 is 10.9 Å². The number of fused-ring (bicyclic) bond motifs is 1. The van der Waals surface area contributed by atoms with Crippen LogP contribution in [-0.2, 0) is 13.2 Å². The molecule has 0 aliphatic rings. The number of aromatic hydroxyl groups is 1. The van der Waals surface area contributed by atoms with E-state index in [1.807, 2.05) is 0 Å². The fourth-order valence-electron chi connectivity index (χ4n) is 1.71. The Kier molecular flexibility index (Phi) is 2.38. The van der Waals surface area contributed by atoms with Gasteiger partial charge in [0, 0.05) is 24.6 Å². The van der Waals surface area contributed by atoms with Gasteiger partial charge in [-0.2, -0.15) is 13.2 Å². The SMILES string of the molecule is Cn1c(C(F)(F)F)cc(=O)c2ccc(O)cc21. The Morgan fingerprint density at radius 2 is 1.88 bits per heavy atom. The van der Waals surface area contributed by atoms with Gasteiger partial charge < -0.3 is 9.67 Å². The van der Waals surface area contributed by atoms with Gasteiger partial charge in [0.2, 0.25) is 0 Å². The third-order valence-corrected chi connectivity index (χ3v) is 2.53. The quantitative estimate of drug-likeness (QED) is 0.771. The number of phenols is 1. The zero-order valence-corrected chi connectivity index (χ0v) is 8.75. The molecule has 0 saturated carbocycles. The van der Waals surface area contributed by atoms with Crippen LogP contribution in [0.1, 0.15) is 5.69 Å². The minimum absolute atomic E-state index is 0.0461. The van der Waals surface area contributed by atoms with Crippen molar-refractivity contribution < 1.29 is 18.3 Å². The number of pyridine rings is 1. The van der Waals surface area contributed by atoms with Crippen molar-refractivity contribution in [1.29, 1.82) is 0 Å². The summed E-state index contributed by atoms with van der Waals surface area (Å²) in [4.78, 5) is 11.5. The Hall–Kier alpha value is -1.98. The number of aromatic nitrogens is 1. The normalized spacial score (nSPS) is 12.0. The fraction of sp³-hybridized carbons (Fsp3) is 0.182. The van der Waals surface area contributed by atoms with Crippen molar-refractivity contribution in [1.82, 2.24) is 4.57 Å². The molecule has 17 heavy (non-hydrogen) atoms. The first-order valence-electron chi connectivity index (χ1n) is 4.70. The average Bonchev–Trinajstić information content (AvgIpc) is 2.21. The van der Waals surface area contributed by atoms with Gasteiger partial charge in [0.05, 0.1) is 5.52 Å². The largest absolute Gasteiger partial charge is 0.508 e. The highest BCUT2D eigenvalue weighted by molar-refractivity contribution is 5.80. The zero-order valence-electron chi connectivity index (χ0n) is 8.75. The van der Waals surface area contributed by atoms with Crippen LogP contribution < -0.4 is 5.43 Å². The summed E-state index contributed by atoms with van der Waals surface area (Å²) in [6.45, 7) is 0. The van der Waals surface area contributed by atoms with Gasteiger partial charge in [-0.3, -0.25) is 4.79 Å². The summed E-state index contributed by atoms with van der Waals surface area (Å²) < 4.78 is 38.7. The number of halogens is 3. The van der Waals surface area contributed by atoms with Crippen LogP contribution in [0.2, 0.25) is 0 Å². The molecular weight excluding hydrogens is 235 g/mol. The molecule has 0 saturated heterocycles. The maximum Gasteiger partial charge on any atom is 0.431 e. The molecule has 90 valence electrons. The Morgan fingerprint density at radius 3 is 2.47 bits per heavy atom. The molecule has 0 aliphatic heterocycles. The molecular formula is C11H8F3NO2. The van der Waals surface area contributed by atoms with Crippen molar-refractivity contribution in [3.63, 3.8) is 0 Å². The second-order valence-electron chi connectivity index (χ2n) is 3.65. The van der Waals surface area contributed by atoms with Crippen LogP contribution >= 0.6 is 0 Å². The van der Waals surface area contributed by atoms with Crippen LogP contribution in [-0.4, -0.2) is 9.67 Å². The maximum absolute atomic E-state index is 12.6. The lowest BCUT2D eigenvalue weighted by atomic mass is 10.1. The highest BCUT2D eigenvalue weighted by Gasteiger charge is 2.34. The standard InChI is InChI=1S/C11H8F3NO2/c1-15-8-4-6(16)2-3-7(8)9(17)5-10(15)11(12,13)14/h2-5,16H,1H3. The number of hydrogen-bond donors (Lipinski definition) is 1. The van der Waals surface area contributed by atoms with E-state index < -0.39 is 17.3 Å². The second kappa shape index (κ2) is 3.51. The van der Waals surface area contributed by atoms with E-state index in [-0.39, 0.29) is 16.7 Å². The van der Waals surface area contributed by atoms with E-state index in [1.54, 1.807) is 0 Å². The smallest absolute Gasteiger partial charge is 0.431 e. The van der Waals surface area contributed by atoms with Crippen LogP contribution in [0.3, 0.4) is 0 Å². The number of phenolic OH excluding ortho intramolecular Hbond substituents is 1. The summed E-state index contributed by atoms with van der Waals surface area (Å²) in [6, 6.07) is 4.25. The summed E-state index contributed by atoms with van der Waals surface area (Å²) in [5.74, 6) is -0.188. The summed E-state index contributed by atoms with van der Waals surface area (Å²) in [5.41, 5.74) is -1.71. The van der Waals surface area contributed by atoms with Crippen LogP contribution in [0.25, 0.3) is 10.9 Å². The van der Waals surface area contributed by atoms with E-state index in [1.165, 1.54) is 19.2 Å². The number of aryl methyl sites for hydroxylation is 1. The van der Waals surface area contributed by atoms with Gasteiger partial charge in [0.15, 0.2) is 5.43 Å². The molecule has 0 fully saturated rings. The molecule has 3 nitrogen and oxygen atoms in total. The molecule has 1 aromatic carbocycles. The third-order valence-electron chi connectivity index (χ3n) is 2.53. The number of benzene rings is 1. The fourth-order valence-corrected chi connectivity index (χ4v) is 1.71. The topological polar surface area (TPSA) is 42.2 Å². The first-order valence-corrected chi connectivity index (χ1v) is 4.70. The molecule has 2 aromatic rings. The van der Waals surface area contributed by atoms with Crippen LogP contribution in [0, 0.1) is 0 Å². The highest BCUT2D eigenvalue weighted by atomic mass is 19.4. The molecule has 0 radical (unpaired) electrons. The van der Waals surface area contributed by atoms with Crippen LogP contribution in [0.4, 0.5) is 13.2 Å². The van der Waals surface area contributed by atoms with E-state index in [0.29, 0.717) is 6.07 Å². The molecule has 0 amide bonds. The summed E-state index contributed by atoms with van der Waals surface area (Å²) in [6.07, 6.45) is -4.60. The van der Waals surface area contributed by atoms with Crippen molar-refractivity contribution in [3.05, 3.63) is 40.2 Å². The Balaban J connectivity index is 2.93. The Labute approximate surface area is 93.7 Å². The Morgan fingerprint density at radius 1 is 1.24 bits per heavy atom. The van der Waals surface area contributed by atoms with Crippen LogP contribution in [0.15, 0.2) is 29.1 Å². The van der Waals surface area contributed by atoms with Crippen molar-refractivity contribution in [2.75, 3.05) is 0 Å². The van der Waals surface area contributed by atoms with Gasteiger partial charge in [0.1, 0.15) is 11.4 Å². The number of nitrogens with zero attached hydrogens (tertiary/aromatic N) is 1. The second-order valence-corrected chi connectivity index (χ2v) is 3.65. The molecule has 1 N–H and O–H groups in total. The minimum atomic E-state index is -4.60. The summed E-state index contributed by atoms with van der Waals surface area (Å²) >= 11 is 0. The summed E-state index contributed by atoms with van der Waals surface area (Å²) in [5, 5.41) is 9.38. The molecule has 2 rings (SSSR count). The Bertz CT molecular complexity index is 643. The highest BCUT2D eigenvalue weighted by Crippen LogP contribution is 2.30. The monoisotopic (exact) mass is 243 g/mol. The molecule has 1 aromatic heterocycles. The molecule has 0 atom stereocenters. The van der Waals surface area contributed by atoms with Gasteiger partial charge in [-0.05, 0) is 12.1 Å².